The Balaban J connectivity index is 2.25. The summed E-state index contributed by atoms with van der Waals surface area (Å²) in [6.07, 6.45) is 0.778. The molecule has 2 saturated carbocycles. The Morgan fingerprint density at radius 1 is 1.29 bits per heavy atom. The standard InChI is InChI=1S/C20H32O7S/c1-7-17(4)11-14(22)20(23)18(5,27-17)10-12(26-28(24)25)15-16(2,3)9-8-13(21)19(15,20)6/h7,12-13,15,21,23H,1,8-11H2,2-6H3,(H,24,25)/t12-,13+,15+,17+,18-,19+,20-/m1/s1. The van der Waals surface area contributed by atoms with Gasteiger partial charge in [0, 0.05) is 24.2 Å². The Bertz CT molecular complexity index is 723. The topological polar surface area (TPSA) is 113 Å². The largest absolute Gasteiger partial charge is 0.392 e. The number of Topliss-reactive ketones (excluding diaryl/α,β-unsaturated/α-hetero) is 1. The molecule has 160 valence electrons. The minimum Gasteiger partial charge on any atom is -0.392 e. The molecular weight excluding hydrogens is 384 g/mol. The third-order valence-corrected chi connectivity index (χ3v) is 8.17. The molecule has 3 fully saturated rings. The smallest absolute Gasteiger partial charge is 0.302 e. The molecule has 0 spiro atoms. The zero-order valence-corrected chi connectivity index (χ0v) is 18.0. The summed E-state index contributed by atoms with van der Waals surface area (Å²) in [5, 5.41) is 23.1. The summed E-state index contributed by atoms with van der Waals surface area (Å²) in [6, 6.07) is 0. The number of hydrogen-bond donors (Lipinski definition) is 3. The summed E-state index contributed by atoms with van der Waals surface area (Å²) in [7, 11) is 0. The van der Waals surface area contributed by atoms with Crippen molar-refractivity contribution in [1.29, 1.82) is 0 Å². The Morgan fingerprint density at radius 2 is 1.89 bits per heavy atom. The van der Waals surface area contributed by atoms with Gasteiger partial charge in [-0.05, 0) is 32.1 Å². The lowest BCUT2D eigenvalue weighted by molar-refractivity contribution is -0.338. The number of rotatable bonds is 3. The third kappa shape index (κ3) is 2.72. The average molecular weight is 417 g/mol. The lowest BCUT2D eigenvalue weighted by atomic mass is 9.40. The van der Waals surface area contributed by atoms with Crippen LogP contribution in [0.1, 0.15) is 60.3 Å². The monoisotopic (exact) mass is 416 g/mol. The van der Waals surface area contributed by atoms with Crippen molar-refractivity contribution in [2.24, 2.45) is 16.7 Å². The van der Waals surface area contributed by atoms with Crippen molar-refractivity contribution >= 4 is 17.1 Å². The van der Waals surface area contributed by atoms with E-state index in [-0.39, 0.29) is 12.8 Å². The Kier molecular flexibility index (Phi) is 5.06. The number of carbonyl (C=O) groups excluding carboxylic acids is 1. The zero-order valence-electron chi connectivity index (χ0n) is 17.2. The fourth-order valence-corrected chi connectivity index (χ4v) is 6.97. The highest BCUT2D eigenvalue weighted by Crippen LogP contribution is 2.67. The molecule has 0 aromatic rings. The number of ether oxygens (including phenoxy) is 1. The molecule has 0 amide bonds. The van der Waals surface area contributed by atoms with E-state index >= 15 is 0 Å². The lowest BCUT2D eigenvalue weighted by Gasteiger charge is -2.70. The van der Waals surface area contributed by atoms with Gasteiger partial charge < -0.3 is 14.9 Å². The number of hydrogen-bond acceptors (Lipinski definition) is 6. The summed E-state index contributed by atoms with van der Waals surface area (Å²) in [6.45, 7) is 12.7. The van der Waals surface area contributed by atoms with Gasteiger partial charge in [0.2, 0.25) is 0 Å². The second-order valence-electron chi connectivity index (χ2n) is 10.0. The Labute approximate surface area is 169 Å². The maximum atomic E-state index is 13.4. The van der Waals surface area contributed by atoms with Gasteiger partial charge in [-0.3, -0.25) is 13.5 Å². The molecule has 1 heterocycles. The first-order chi connectivity index (χ1) is 12.7. The highest BCUT2D eigenvalue weighted by Gasteiger charge is 2.78. The highest BCUT2D eigenvalue weighted by molar-refractivity contribution is 7.74. The van der Waals surface area contributed by atoms with Crippen molar-refractivity contribution in [2.45, 2.75) is 89.3 Å². The van der Waals surface area contributed by atoms with Gasteiger partial charge in [0.25, 0.3) is 0 Å². The van der Waals surface area contributed by atoms with Crippen LogP contribution in [0, 0.1) is 16.7 Å². The van der Waals surface area contributed by atoms with Crippen LogP contribution in [-0.4, -0.2) is 53.8 Å². The molecule has 3 rings (SSSR count). The molecule has 1 aliphatic heterocycles. The minimum atomic E-state index is -2.54. The fraction of sp³-hybridized carbons (Fsp3) is 0.850. The maximum absolute atomic E-state index is 13.4. The third-order valence-electron chi connectivity index (χ3n) is 7.76. The van der Waals surface area contributed by atoms with Gasteiger partial charge in [-0.2, -0.15) is 4.21 Å². The van der Waals surface area contributed by atoms with Crippen molar-refractivity contribution in [3.05, 3.63) is 12.7 Å². The predicted octanol–water partition coefficient (Wildman–Crippen LogP) is 2.14. The number of ketones is 1. The van der Waals surface area contributed by atoms with Crippen LogP contribution in [0.3, 0.4) is 0 Å². The van der Waals surface area contributed by atoms with E-state index < -0.39 is 62.9 Å². The molecule has 2 aliphatic carbocycles. The quantitative estimate of drug-likeness (QED) is 0.477. The van der Waals surface area contributed by atoms with Crippen molar-refractivity contribution in [3.8, 4) is 0 Å². The van der Waals surface area contributed by atoms with E-state index in [2.05, 4.69) is 6.58 Å². The number of aliphatic hydroxyl groups is 2. The molecule has 1 saturated heterocycles. The van der Waals surface area contributed by atoms with E-state index in [0.717, 1.165) is 0 Å². The summed E-state index contributed by atoms with van der Waals surface area (Å²) in [5.74, 6) is -0.935. The van der Waals surface area contributed by atoms with Crippen molar-refractivity contribution < 1.29 is 32.7 Å². The molecule has 28 heavy (non-hydrogen) atoms. The SMILES string of the molecule is C=C[C@@]1(C)CC(=O)[C@]2(O)[C@@]3(C)[C@@H](O)CCC(C)(C)[C@@H]3[C@H](OS(=O)O)C[C@@]2(C)O1. The van der Waals surface area contributed by atoms with Crippen molar-refractivity contribution in [2.75, 3.05) is 0 Å². The Morgan fingerprint density at radius 3 is 2.43 bits per heavy atom. The number of carbonyl (C=O) groups is 1. The van der Waals surface area contributed by atoms with Gasteiger partial charge in [0.05, 0.1) is 17.8 Å². The van der Waals surface area contributed by atoms with Gasteiger partial charge in [-0.25, -0.2) is 0 Å². The highest BCUT2D eigenvalue weighted by atomic mass is 32.2. The summed E-state index contributed by atoms with van der Waals surface area (Å²) < 4.78 is 32.7. The molecule has 3 N–H and O–H groups in total. The lowest BCUT2D eigenvalue weighted by Crippen LogP contribution is -2.82. The number of fused-ring (bicyclic) bond motifs is 3. The van der Waals surface area contributed by atoms with E-state index in [1.165, 1.54) is 6.08 Å². The maximum Gasteiger partial charge on any atom is 0.302 e. The van der Waals surface area contributed by atoms with E-state index in [0.29, 0.717) is 12.8 Å². The van der Waals surface area contributed by atoms with Crippen LogP contribution in [0.15, 0.2) is 12.7 Å². The first-order valence-electron chi connectivity index (χ1n) is 9.72. The van der Waals surface area contributed by atoms with Gasteiger partial charge in [0.15, 0.2) is 11.4 Å². The normalized spacial score (nSPS) is 51.7. The minimum absolute atomic E-state index is 0.0430. The van der Waals surface area contributed by atoms with Crippen LogP contribution in [0.2, 0.25) is 0 Å². The van der Waals surface area contributed by atoms with Gasteiger partial charge in [0.1, 0.15) is 5.60 Å². The van der Waals surface area contributed by atoms with E-state index in [9.17, 15) is 23.8 Å². The van der Waals surface area contributed by atoms with Gasteiger partial charge in [-0.1, -0.05) is 26.8 Å². The van der Waals surface area contributed by atoms with Crippen molar-refractivity contribution in [3.63, 3.8) is 0 Å². The van der Waals surface area contributed by atoms with E-state index in [4.69, 9.17) is 8.92 Å². The molecule has 1 unspecified atom stereocenters. The van der Waals surface area contributed by atoms with Crippen LogP contribution in [0.5, 0.6) is 0 Å². The summed E-state index contributed by atoms with van der Waals surface area (Å²) in [4.78, 5) is 13.4. The van der Waals surface area contributed by atoms with E-state index in [1.54, 1.807) is 20.8 Å². The van der Waals surface area contributed by atoms with Crippen molar-refractivity contribution in [1.82, 2.24) is 0 Å². The first kappa shape index (κ1) is 22.1. The molecular formula is C20H32O7S. The zero-order chi connectivity index (χ0) is 21.3. The molecule has 8 atom stereocenters. The van der Waals surface area contributed by atoms with Crippen LogP contribution >= 0.6 is 0 Å². The van der Waals surface area contributed by atoms with Crippen LogP contribution in [-0.2, 0) is 25.1 Å². The number of aliphatic hydroxyl groups excluding tert-OH is 1. The van der Waals surface area contributed by atoms with Crippen LogP contribution in [0.4, 0.5) is 0 Å². The molecule has 0 bridgehead atoms. The predicted molar refractivity (Wildman–Crippen MR) is 104 cm³/mol. The summed E-state index contributed by atoms with van der Waals surface area (Å²) >= 11 is -2.54. The van der Waals surface area contributed by atoms with Crippen LogP contribution in [0.25, 0.3) is 0 Å². The molecule has 0 radical (unpaired) electrons. The van der Waals surface area contributed by atoms with Crippen LogP contribution < -0.4 is 0 Å². The van der Waals surface area contributed by atoms with Gasteiger partial charge >= 0.3 is 11.4 Å². The molecule has 0 aromatic heterocycles. The molecule has 3 aliphatic rings. The fourth-order valence-electron chi connectivity index (χ4n) is 6.58. The van der Waals surface area contributed by atoms with Gasteiger partial charge in [-0.15, -0.1) is 6.58 Å². The molecule has 0 aromatic carbocycles. The molecule has 8 heteroatoms. The second kappa shape index (κ2) is 6.43. The summed E-state index contributed by atoms with van der Waals surface area (Å²) in [5.41, 5.74) is -6.13. The molecule has 7 nitrogen and oxygen atoms in total. The second-order valence-corrected chi connectivity index (χ2v) is 10.6. The first-order valence-corrected chi connectivity index (χ1v) is 10.8. The average Bonchev–Trinajstić information content (AvgIpc) is 2.54. The van der Waals surface area contributed by atoms with E-state index in [1.807, 2.05) is 13.8 Å². The Hall–Kier alpha value is -0.640.